The van der Waals surface area contributed by atoms with Gasteiger partial charge in [0.15, 0.2) is 6.10 Å². The van der Waals surface area contributed by atoms with Crippen molar-refractivity contribution in [1.82, 2.24) is 0 Å². The lowest BCUT2D eigenvalue weighted by atomic mass is 10.1. The van der Waals surface area contributed by atoms with Crippen LogP contribution in [0.15, 0.2) is 60.8 Å². The first kappa shape index (κ1) is 53.1. The van der Waals surface area contributed by atoms with Crippen molar-refractivity contribution in [2.45, 2.75) is 226 Å². The van der Waals surface area contributed by atoms with Crippen LogP contribution < -0.4 is 0 Å². The van der Waals surface area contributed by atoms with Crippen molar-refractivity contribution in [2.24, 2.45) is 0 Å². The van der Waals surface area contributed by atoms with Gasteiger partial charge in [0.25, 0.3) is 0 Å². The molecule has 0 amide bonds. The summed E-state index contributed by atoms with van der Waals surface area (Å²) in [5, 5.41) is 0. The lowest BCUT2D eigenvalue weighted by Crippen LogP contribution is -2.30. The molecule has 1 atom stereocenters. The highest BCUT2D eigenvalue weighted by Crippen LogP contribution is 2.13. The van der Waals surface area contributed by atoms with Crippen molar-refractivity contribution in [3.05, 3.63) is 60.8 Å². The molecule has 322 valence electrons. The van der Waals surface area contributed by atoms with E-state index in [1.165, 1.54) is 109 Å². The molecule has 0 aromatic rings. The van der Waals surface area contributed by atoms with E-state index in [4.69, 9.17) is 14.2 Å². The SMILES string of the molecule is CC/C=C\C/C=C\C/C=C\C/C=C\CCC(=O)OC(COC(=O)CCCCCCCCC)COC(=O)CCCCCCCCC/C=C\CCCCCCCCC. The predicted octanol–water partition coefficient (Wildman–Crippen LogP) is 14.9. The van der Waals surface area contributed by atoms with Gasteiger partial charge in [0.1, 0.15) is 13.2 Å². The second-order valence-corrected chi connectivity index (χ2v) is 15.3. The van der Waals surface area contributed by atoms with Crippen LogP contribution in [0.2, 0.25) is 0 Å². The van der Waals surface area contributed by atoms with Crippen LogP contribution in [-0.4, -0.2) is 37.2 Å². The maximum atomic E-state index is 12.6. The van der Waals surface area contributed by atoms with E-state index >= 15 is 0 Å². The van der Waals surface area contributed by atoms with Gasteiger partial charge in [-0.15, -0.1) is 0 Å². The Morgan fingerprint density at radius 1 is 0.375 bits per heavy atom. The molecule has 0 aromatic heterocycles. The number of hydrogen-bond donors (Lipinski definition) is 0. The van der Waals surface area contributed by atoms with E-state index in [0.717, 1.165) is 64.2 Å². The normalized spacial score (nSPS) is 12.6. The van der Waals surface area contributed by atoms with Crippen LogP contribution in [-0.2, 0) is 28.6 Å². The first-order chi connectivity index (χ1) is 27.5. The fourth-order valence-electron chi connectivity index (χ4n) is 6.27. The summed E-state index contributed by atoms with van der Waals surface area (Å²) in [7, 11) is 0. The third kappa shape index (κ3) is 42.3. The molecule has 0 saturated heterocycles. The van der Waals surface area contributed by atoms with E-state index in [1.807, 2.05) is 12.2 Å². The van der Waals surface area contributed by atoms with Crippen molar-refractivity contribution in [1.29, 1.82) is 0 Å². The monoisotopic (exact) mass is 783 g/mol. The summed E-state index contributed by atoms with van der Waals surface area (Å²) in [6.07, 6.45) is 53.8. The number of allylic oxidation sites excluding steroid dienone is 10. The molecule has 0 aromatic carbocycles. The van der Waals surface area contributed by atoms with Crippen LogP contribution in [0, 0.1) is 0 Å². The summed E-state index contributed by atoms with van der Waals surface area (Å²) in [4.78, 5) is 37.6. The number of hydrogen-bond acceptors (Lipinski definition) is 6. The van der Waals surface area contributed by atoms with Crippen molar-refractivity contribution < 1.29 is 28.6 Å². The van der Waals surface area contributed by atoms with E-state index < -0.39 is 12.1 Å². The molecule has 0 N–H and O–H groups in total. The molecule has 1 unspecified atom stereocenters. The molecule has 0 aliphatic carbocycles. The Morgan fingerprint density at radius 2 is 0.732 bits per heavy atom. The second kappa shape index (κ2) is 44.8. The molecule has 0 saturated carbocycles. The van der Waals surface area contributed by atoms with E-state index in [1.54, 1.807) is 0 Å². The molecular weight excluding hydrogens is 697 g/mol. The maximum Gasteiger partial charge on any atom is 0.306 e. The number of ether oxygens (including phenoxy) is 3. The van der Waals surface area contributed by atoms with Crippen molar-refractivity contribution in [3.8, 4) is 0 Å². The van der Waals surface area contributed by atoms with Gasteiger partial charge in [0.05, 0.1) is 0 Å². The van der Waals surface area contributed by atoms with Gasteiger partial charge in [-0.3, -0.25) is 14.4 Å². The summed E-state index contributed by atoms with van der Waals surface area (Å²) < 4.78 is 16.6. The molecule has 0 spiro atoms. The summed E-state index contributed by atoms with van der Waals surface area (Å²) in [6, 6.07) is 0. The molecule has 56 heavy (non-hydrogen) atoms. The zero-order chi connectivity index (χ0) is 40.8. The molecular formula is C50H86O6. The van der Waals surface area contributed by atoms with E-state index in [-0.39, 0.29) is 31.6 Å². The van der Waals surface area contributed by atoms with E-state index in [0.29, 0.717) is 19.3 Å². The van der Waals surface area contributed by atoms with Crippen LogP contribution in [0.1, 0.15) is 220 Å². The molecule has 0 fully saturated rings. The van der Waals surface area contributed by atoms with Gasteiger partial charge in [-0.1, -0.05) is 191 Å². The summed E-state index contributed by atoms with van der Waals surface area (Å²) in [6.45, 7) is 6.40. The predicted molar refractivity (Wildman–Crippen MR) is 238 cm³/mol. The quantitative estimate of drug-likeness (QED) is 0.0266. The largest absolute Gasteiger partial charge is 0.462 e. The molecule has 0 bridgehead atoms. The van der Waals surface area contributed by atoms with E-state index in [9.17, 15) is 14.4 Å². The van der Waals surface area contributed by atoms with Crippen LogP contribution in [0.5, 0.6) is 0 Å². The smallest absolute Gasteiger partial charge is 0.306 e. The van der Waals surface area contributed by atoms with Gasteiger partial charge in [-0.05, 0) is 70.6 Å². The highest BCUT2D eigenvalue weighted by atomic mass is 16.6. The first-order valence-electron chi connectivity index (χ1n) is 23.3. The number of rotatable bonds is 41. The average Bonchev–Trinajstić information content (AvgIpc) is 3.19. The molecule has 0 radical (unpaired) electrons. The zero-order valence-corrected chi connectivity index (χ0v) is 36.6. The van der Waals surface area contributed by atoms with Gasteiger partial charge >= 0.3 is 17.9 Å². The van der Waals surface area contributed by atoms with Crippen molar-refractivity contribution in [2.75, 3.05) is 13.2 Å². The molecule has 0 rings (SSSR count). The Balaban J connectivity index is 4.35. The van der Waals surface area contributed by atoms with Crippen LogP contribution in [0.3, 0.4) is 0 Å². The summed E-state index contributed by atoms with van der Waals surface area (Å²) in [5.74, 6) is -0.999. The minimum absolute atomic E-state index is 0.104. The Kier molecular flexibility index (Phi) is 42.5. The number of carbonyl (C=O) groups excluding carboxylic acids is 3. The highest BCUT2D eigenvalue weighted by molar-refractivity contribution is 5.71. The average molecular weight is 783 g/mol. The van der Waals surface area contributed by atoms with E-state index in [2.05, 4.69) is 69.4 Å². The standard InChI is InChI=1S/C50H86O6/c1-4-7-10-13-16-18-20-22-23-24-25-26-28-29-31-34-37-40-43-49(52)55-46-47(45-54-48(51)42-39-36-33-15-12-9-6-3)56-50(53)44-41-38-35-32-30-27-21-19-17-14-11-8-5-2/h8,11,17,19,23-24,27,30,35,38,47H,4-7,9-10,12-16,18,20-22,25-26,28-29,31-34,36-37,39-46H2,1-3H3/b11-8-,19-17-,24-23-,30-27-,38-35-. The maximum absolute atomic E-state index is 12.6. The minimum atomic E-state index is -0.808. The minimum Gasteiger partial charge on any atom is -0.462 e. The fraction of sp³-hybridized carbons (Fsp3) is 0.740. The van der Waals surface area contributed by atoms with Crippen LogP contribution in [0.4, 0.5) is 0 Å². The van der Waals surface area contributed by atoms with Crippen molar-refractivity contribution >= 4 is 17.9 Å². The molecule has 0 heterocycles. The highest BCUT2D eigenvalue weighted by Gasteiger charge is 2.19. The third-order valence-corrected chi connectivity index (χ3v) is 9.77. The second-order valence-electron chi connectivity index (χ2n) is 15.3. The van der Waals surface area contributed by atoms with Crippen molar-refractivity contribution in [3.63, 3.8) is 0 Å². The van der Waals surface area contributed by atoms with Gasteiger partial charge in [0, 0.05) is 19.3 Å². The van der Waals surface area contributed by atoms with Gasteiger partial charge in [0.2, 0.25) is 0 Å². The lowest BCUT2D eigenvalue weighted by Gasteiger charge is -2.18. The molecule has 6 nitrogen and oxygen atoms in total. The zero-order valence-electron chi connectivity index (χ0n) is 36.6. The topological polar surface area (TPSA) is 78.9 Å². The fourth-order valence-corrected chi connectivity index (χ4v) is 6.27. The molecule has 6 heteroatoms. The van der Waals surface area contributed by atoms with Crippen LogP contribution in [0.25, 0.3) is 0 Å². The number of esters is 3. The summed E-state index contributed by atoms with van der Waals surface area (Å²) in [5.41, 5.74) is 0. The molecule has 0 aliphatic rings. The first-order valence-corrected chi connectivity index (χ1v) is 23.3. The molecule has 0 aliphatic heterocycles. The Morgan fingerprint density at radius 3 is 1.16 bits per heavy atom. The van der Waals surface area contributed by atoms with Gasteiger partial charge in [-0.25, -0.2) is 0 Å². The summed E-state index contributed by atoms with van der Waals surface area (Å²) >= 11 is 0. The Hall–Kier alpha value is -2.89. The third-order valence-electron chi connectivity index (χ3n) is 9.77. The Labute approximate surface area is 345 Å². The van der Waals surface area contributed by atoms with Gasteiger partial charge < -0.3 is 14.2 Å². The lowest BCUT2D eigenvalue weighted by molar-refractivity contribution is -0.166. The number of carbonyl (C=O) groups is 3. The van der Waals surface area contributed by atoms with Crippen LogP contribution >= 0.6 is 0 Å². The van der Waals surface area contributed by atoms with Gasteiger partial charge in [-0.2, -0.15) is 0 Å². The Bertz CT molecular complexity index is 1040. The number of unbranched alkanes of at least 4 members (excludes halogenated alkanes) is 20.